The van der Waals surface area contributed by atoms with Crippen molar-refractivity contribution in [1.82, 2.24) is 10.3 Å². The zero-order chi connectivity index (χ0) is 13.0. The molecule has 3 heterocycles. The summed E-state index contributed by atoms with van der Waals surface area (Å²) >= 11 is 0. The lowest BCUT2D eigenvalue weighted by molar-refractivity contribution is 0.126. The van der Waals surface area contributed by atoms with Crippen LogP contribution >= 0.6 is 0 Å². The summed E-state index contributed by atoms with van der Waals surface area (Å²) in [6.45, 7) is 0. The molecular formula is C13H16N4O2. The van der Waals surface area contributed by atoms with Gasteiger partial charge in [0.25, 0.3) is 0 Å². The number of hydrogen-bond acceptors (Lipinski definition) is 6. The highest BCUT2D eigenvalue weighted by Gasteiger charge is 2.41. The van der Waals surface area contributed by atoms with Crippen molar-refractivity contribution in [3.05, 3.63) is 12.1 Å². The van der Waals surface area contributed by atoms with Gasteiger partial charge in [0.2, 0.25) is 0 Å². The third kappa shape index (κ3) is 1.53. The van der Waals surface area contributed by atoms with Gasteiger partial charge >= 0.3 is 0 Å². The van der Waals surface area contributed by atoms with Gasteiger partial charge < -0.3 is 15.7 Å². The molecule has 2 fully saturated rings. The van der Waals surface area contributed by atoms with Crippen LogP contribution in [0.2, 0.25) is 0 Å². The Hall–Kier alpha value is -1.82. The van der Waals surface area contributed by atoms with Gasteiger partial charge in [-0.2, -0.15) is 0 Å². The SMILES string of the molecule is Nc1ccc(N2C3CCC2CC(O)C3)c2nonc12. The summed E-state index contributed by atoms with van der Waals surface area (Å²) in [5, 5.41) is 17.8. The summed E-state index contributed by atoms with van der Waals surface area (Å²) in [5.74, 6) is 0. The highest BCUT2D eigenvalue weighted by molar-refractivity contribution is 5.95. The number of piperidine rings is 1. The quantitative estimate of drug-likeness (QED) is 0.751. The van der Waals surface area contributed by atoms with Gasteiger partial charge in [-0.3, -0.25) is 0 Å². The van der Waals surface area contributed by atoms with E-state index in [1.165, 1.54) is 0 Å². The molecule has 2 aliphatic heterocycles. The molecule has 0 saturated carbocycles. The fourth-order valence-electron chi connectivity index (χ4n) is 3.62. The molecular weight excluding hydrogens is 244 g/mol. The number of aromatic nitrogens is 2. The first-order valence-electron chi connectivity index (χ1n) is 6.71. The molecule has 6 nitrogen and oxygen atoms in total. The van der Waals surface area contributed by atoms with Crippen LogP contribution < -0.4 is 10.6 Å². The number of nitrogens with zero attached hydrogens (tertiary/aromatic N) is 3. The Balaban J connectivity index is 1.83. The zero-order valence-electron chi connectivity index (χ0n) is 10.5. The van der Waals surface area contributed by atoms with E-state index in [2.05, 4.69) is 15.2 Å². The number of nitrogen functional groups attached to an aromatic ring is 1. The van der Waals surface area contributed by atoms with E-state index in [1.54, 1.807) is 0 Å². The summed E-state index contributed by atoms with van der Waals surface area (Å²) < 4.78 is 4.83. The molecule has 1 aromatic carbocycles. The minimum absolute atomic E-state index is 0.173. The van der Waals surface area contributed by atoms with Gasteiger partial charge in [-0.1, -0.05) is 0 Å². The highest BCUT2D eigenvalue weighted by atomic mass is 16.6. The van der Waals surface area contributed by atoms with Crippen molar-refractivity contribution >= 4 is 22.4 Å². The molecule has 100 valence electrons. The molecule has 0 radical (unpaired) electrons. The predicted octanol–water partition coefficient (Wildman–Crippen LogP) is 1.30. The van der Waals surface area contributed by atoms with Crippen LogP contribution in [0.25, 0.3) is 11.0 Å². The van der Waals surface area contributed by atoms with E-state index < -0.39 is 0 Å². The van der Waals surface area contributed by atoms with Crippen LogP contribution in [0.1, 0.15) is 25.7 Å². The molecule has 1 aromatic heterocycles. The van der Waals surface area contributed by atoms with Crippen LogP contribution in [0.4, 0.5) is 11.4 Å². The first-order valence-corrected chi connectivity index (χ1v) is 6.71. The predicted molar refractivity (Wildman–Crippen MR) is 70.7 cm³/mol. The monoisotopic (exact) mass is 260 g/mol. The summed E-state index contributed by atoms with van der Waals surface area (Å²) in [4.78, 5) is 2.37. The maximum atomic E-state index is 9.88. The van der Waals surface area contributed by atoms with Crippen molar-refractivity contribution in [2.75, 3.05) is 10.6 Å². The third-order valence-corrected chi connectivity index (χ3v) is 4.41. The first-order chi connectivity index (χ1) is 9.24. The molecule has 6 heteroatoms. The third-order valence-electron chi connectivity index (χ3n) is 4.41. The summed E-state index contributed by atoms with van der Waals surface area (Å²) in [6.07, 6.45) is 3.73. The number of benzene rings is 1. The molecule has 3 N–H and O–H groups in total. The van der Waals surface area contributed by atoms with E-state index in [1.807, 2.05) is 12.1 Å². The van der Waals surface area contributed by atoms with Crippen LogP contribution in [0.15, 0.2) is 16.8 Å². The van der Waals surface area contributed by atoms with Crippen LogP contribution in [0, 0.1) is 0 Å². The van der Waals surface area contributed by atoms with E-state index in [-0.39, 0.29) is 6.10 Å². The maximum Gasteiger partial charge on any atom is 0.160 e. The van der Waals surface area contributed by atoms with Crippen LogP contribution in [0.3, 0.4) is 0 Å². The number of aliphatic hydroxyl groups is 1. The number of aliphatic hydroxyl groups excluding tert-OH is 1. The maximum absolute atomic E-state index is 9.88. The molecule has 19 heavy (non-hydrogen) atoms. The van der Waals surface area contributed by atoms with E-state index in [9.17, 15) is 5.11 Å². The number of fused-ring (bicyclic) bond motifs is 3. The summed E-state index contributed by atoms with van der Waals surface area (Å²) in [7, 11) is 0. The van der Waals surface area contributed by atoms with Gasteiger partial charge in [0.1, 0.15) is 0 Å². The van der Waals surface area contributed by atoms with Gasteiger partial charge in [-0.15, -0.1) is 0 Å². The highest BCUT2D eigenvalue weighted by Crippen LogP contribution is 2.42. The molecule has 0 aliphatic carbocycles. The van der Waals surface area contributed by atoms with Gasteiger partial charge in [-0.05, 0) is 48.1 Å². The van der Waals surface area contributed by atoms with Crippen molar-refractivity contribution in [2.45, 2.75) is 43.9 Å². The van der Waals surface area contributed by atoms with Crippen molar-refractivity contribution in [3.63, 3.8) is 0 Å². The van der Waals surface area contributed by atoms with Gasteiger partial charge in [-0.25, -0.2) is 4.63 Å². The van der Waals surface area contributed by atoms with Gasteiger partial charge in [0.05, 0.1) is 17.5 Å². The van der Waals surface area contributed by atoms with Crippen molar-refractivity contribution in [3.8, 4) is 0 Å². The number of hydrogen-bond donors (Lipinski definition) is 2. The normalized spacial score (nSPS) is 30.2. The fourth-order valence-corrected chi connectivity index (χ4v) is 3.62. The molecule has 2 aromatic rings. The van der Waals surface area contributed by atoms with Crippen LogP contribution in [0.5, 0.6) is 0 Å². The Bertz CT molecular complexity index is 612. The Labute approximate surface area is 110 Å². The van der Waals surface area contributed by atoms with Crippen LogP contribution in [-0.2, 0) is 0 Å². The molecule has 2 atom stereocenters. The molecule has 2 unspecified atom stereocenters. The van der Waals surface area contributed by atoms with E-state index in [0.29, 0.717) is 23.3 Å². The lowest BCUT2D eigenvalue weighted by Gasteiger charge is -2.38. The summed E-state index contributed by atoms with van der Waals surface area (Å²) in [5.41, 5.74) is 8.86. The van der Waals surface area contributed by atoms with Crippen molar-refractivity contribution in [2.24, 2.45) is 0 Å². The van der Waals surface area contributed by atoms with Gasteiger partial charge in [0, 0.05) is 12.1 Å². The Morgan fingerprint density at radius 1 is 1.16 bits per heavy atom. The van der Waals surface area contributed by atoms with Crippen LogP contribution in [-0.4, -0.2) is 33.6 Å². The summed E-state index contributed by atoms with van der Waals surface area (Å²) in [6, 6.07) is 4.62. The lowest BCUT2D eigenvalue weighted by atomic mass is 9.98. The minimum Gasteiger partial charge on any atom is -0.397 e. The second kappa shape index (κ2) is 3.84. The Morgan fingerprint density at radius 2 is 1.84 bits per heavy atom. The number of nitrogens with two attached hydrogens (primary N) is 1. The molecule has 0 spiro atoms. The standard InChI is InChI=1S/C13H16N4O2/c14-10-3-4-11(13-12(10)15-19-16-13)17-7-1-2-8(17)6-9(18)5-7/h3-4,7-9,18H,1-2,5-6,14H2. The Kier molecular flexibility index (Phi) is 2.23. The lowest BCUT2D eigenvalue weighted by Crippen LogP contribution is -2.44. The second-order valence-corrected chi connectivity index (χ2v) is 5.55. The van der Waals surface area contributed by atoms with Gasteiger partial charge in [0.15, 0.2) is 11.0 Å². The second-order valence-electron chi connectivity index (χ2n) is 5.55. The molecule has 2 aliphatic rings. The average Bonchev–Trinajstić information content (AvgIpc) is 2.96. The molecule has 2 bridgehead atoms. The number of anilines is 2. The van der Waals surface area contributed by atoms with Crippen molar-refractivity contribution < 1.29 is 9.74 Å². The smallest absolute Gasteiger partial charge is 0.160 e. The number of rotatable bonds is 1. The topological polar surface area (TPSA) is 88.4 Å². The minimum atomic E-state index is -0.173. The zero-order valence-corrected chi connectivity index (χ0v) is 10.5. The average molecular weight is 260 g/mol. The van der Waals surface area contributed by atoms with E-state index >= 15 is 0 Å². The first kappa shape index (κ1) is 11.0. The van der Waals surface area contributed by atoms with E-state index in [4.69, 9.17) is 10.4 Å². The molecule has 0 amide bonds. The fraction of sp³-hybridized carbons (Fsp3) is 0.538. The molecule has 2 saturated heterocycles. The van der Waals surface area contributed by atoms with Crippen molar-refractivity contribution in [1.29, 1.82) is 0 Å². The largest absolute Gasteiger partial charge is 0.397 e. The Morgan fingerprint density at radius 3 is 2.58 bits per heavy atom. The molecule has 4 rings (SSSR count). The van der Waals surface area contributed by atoms with E-state index in [0.717, 1.165) is 36.9 Å².